The van der Waals surface area contributed by atoms with Crippen LogP contribution in [0.5, 0.6) is 0 Å². The van der Waals surface area contributed by atoms with Gasteiger partial charge in [-0.25, -0.2) is 4.39 Å². The van der Waals surface area contributed by atoms with Crippen molar-refractivity contribution in [1.82, 2.24) is 0 Å². The molecule has 0 saturated heterocycles. The normalized spacial score (nSPS) is 11.7. The monoisotopic (exact) mass is 380 g/mol. The van der Waals surface area contributed by atoms with E-state index in [1.165, 1.54) is 12.1 Å². The van der Waals surface area contributed by atoms with Crippen molar-refractivity contribution >= 4 is 22.6 Å². The fraction of sp³-hybridized carbons (Fsp3) is 0.143. The van der Waals surface area contributed by atoms with Gasteiger partial charge in [0.05, 0.1) is 5.56 Å². The zero-order chi connectivity index (χ0) is 14.2. The van der Waals surface area contributed by atoms with Gasteiger partial charge in [0.1, 0.15) is 5.82 Å². The lowest BCUT2D eigenvalue weighted by atomic mass is 10.0. The predicted octanol–water partition coefficient (Wildman–Crippen LogP) is 5.42. The van der Waals surface area contributed by atoms with Crippen LogP contribution in [0, 0.1) is 16.3 Å². The summed E-state index contributed by atoms with van der Waals surface area (Å²) >= 11 is 1.90. The lowest BCUT2D eigenvalue weighted by Gasteiger charge is -2.12. The molecule has 2 aromatic carbocycles. The SMILES string of the molecule is Cc1cccc(-c2cc(C(F)(F)F)ccc2I)c1F. The van der Waals surface area contributed by atoms with Crippen LogP contribution in [0.25, 0.3) is 11.1 Å². The highest BCUT2D eigenvalue weighted by Crippen LogP contribution is 2.35. The minimum absolute atomic E-state index is 0.190. The Labute approximate surface area is 121 Å². The summed E-state index contributed by atoms with van der Waals surface area (Å²) in [7, 11) is 0. The Bertz CT molecular complexity index is 617. The van der Waals surface area contributed by atoms with E-state index in [4.69, 9.17) is 0 Å². The van der Waals surface area contributed by atoms with Crippen LogP contribution in [0.3, 0.4) is 0 Å². The molecular weight excluding hydrogens is 371 g/mol. The summed E-state index contributed by atoms with van der Waals surface area (Å²) in [4.78, 5) is 0. The molecule has 0 amide bonds. The maximum Gasteiger partial charge on any atom is 0.416 e. The molecule has 5 heteroatoms. The largest absolute Gasteiger partial charge is 0.416 e. The van der Waals surface area contributed by atoms with Crippen molar-refractivity contribution < 1.29 is 17.6 Å². The highest BCUT2D eigenvalue weighted by atomic mass is 127. The summed E-state index contributed by atoms with van der Waals surface area (Å²) in [5.74, 6) is -0.486. The maximum atomic E-state index is 14.0. The molecule has 2 aromatic rings. The van der Waals surface area contributed by atoms with Crippen LogP contribution in [0.1, 0.15) is 11.1 Å². The van der Waals surface area contributed by atoms with Crippen LogP contribution in [-0.4, -0.2) is 0 Å². The molecule has 0 spiro atoms. The topological polar surface area (TPSA) is 0 Å². The van der Waals surface area contributed by atoms with Gasteiger partial charge < -0.3 is 0 Å². The fourth-order valence-electron chi connectivity index (χ4n) is 1.76. The molecule has 0 N–H and O–H groups in total. The van der Waals surface area contributed by atoms with Gasteiger partial charge >= 0.3 is 6.18 Å². The van der Waals surface area contributed by atoms with Crippen LogP contribution in [-0.2, 0) is 6.18 Å². The minimum atomic E-state index is -4.43. The van der Waals surface area contributed by atoms with E-state index in [1.54, 1.807) is 19.1 Å². The average Bonchev–Trinajstić information content (AvgIpc) is 2.32. The van der Waals surface area contributed by atoms with Gasteiger partial charge in [0.2, 0.25) is 0 Å². The lowest BCUT2D eigenvalue weighted by molar-refractivity contribution is -0.137. The van der Waals surface area contributed by atoms with Gasteiger partial charge in [-0.15, -0.1) is 0 Å². The molecule has 0 bridgehead atoms. The van der Waals surface area contributed by atoms with E-state index in [9.17, 15) is 17.6 Å². The number of rotatable bonds is 1. The van der Waals surface area contributed by atoms with Gasteiger partial charge in [-0.3, -0.25) is 0 Å². The van der Waals surface area contributed by atoms with Crippen molar-refractivity contribution in [2.75, 3.05) is 0 Å². The Hall–Kier alpha value is -1.11. The highest BCUT2D eigenvalue weighted by molar-refractivity contribution is 14.1. The molecular formula is C14H9F4I. The molecule has 0 atom stereocenters. The molecule has 0 saturated carbocycles. The first-order chi connectivity index (χ1) is 8.80. The maximum absolute atomic E-state index is 14.0. The third-order valence-corrected chi connectivity index (χ3v) is 3.72. The summed E-state index contributed by atoms with van der Waals surface area (Å²) in [6.45, 7) is 1.58. The van der Waals surface area contributed by atoms with Gasteiger partial charge in [0, 0.05) is 9.13 Å². The summed E-state index contributed by atoms with van der Waals surface area (Å²) in [6, 6.07) is 8.03. The molecule has 0 aliphatic rings. The standard InChI is InChI=1S/C14H9F4I/c1-8-3-2-4-10(13(8)15)11-7-9(14(16,17)18)5-6-12(11)19/h2-7H,1H3. The molecule has 0 heterocycles. The number of alkyl halides is 3. The molecule has 100 valence electrons. The zero-order valence-corrected chi connectivity index (χ0v) is 12.0. The molecule has 19 heavy (non-hydrogen) atoms. The van der Waals surface area contributed by atoms with Crippen molar-refractivity contribution in [1.29, 1.82) is 0 Å². The number of hydrogen-bond donors (Lipinski definition) is 0. The quantitative estimate of drug-likeness (QED) is 0.458. The Balaban J connectivity index is 2.65. The number of aryl methyl sites for hydroxylation is 1. The number of hydrogen-bond acceptors (Lipinski definition) is 0. The van der Waals surface area contributed by atoms with Gasteiger partial charge in [-0.2, -0.15) is 13.2 Å². The summed E-state index contributed by atoms with van der Waals surface area (Å²) < 4.78 is 52.7. The Morgan fingerprint density at radius 1 is 1.00 bits per heavy atom. The third-order valence-electron chi connectivity index (χ3n) is 2.78. The van der Waals surface area contributed by atoms with E-state index in [0.717, 1.165) is 12.1 Å². The average molecular weight is 380 g/mol. The van der Waals surface area contributed by atoms with Crippen molar-refractivity contribution in [3.63, 3.8) is 0 Å². The fourth-order valence-corrected chi connectivity index (χ4v) is 2.39. The third kappa shape index (κ3) is 2.91. The first-order valence-corrected chi connectivity index (χ1v) is 6.51. The van der Waals surface area contributed by atoms with Crippen molar-refractivity contribution in [2.24, 2.45) is 0 Å². The van der Waals surface area contributed by atoms with Crippen LogP contribution in [0.2, 0.25) is 0 Å². The van der Waals surface area contributed by atoms with Crippen LogP contribution < -0.4 is 0 Å². The Kier molecular flexibility index (Phi) is 3.85. The van der Waals surface area contributed by atoms with Crippen molar-refractivity contribution in [3.8, 4) is 11.1 Å². The molecule has 0 aliphatic heterocycles. The Morgan fingerprint density at radius 2 is 1.68 bits per heavy atom. The molecule has 0 fully saturated rings. The van der Waals surface area contributed by atoms with Crippen molar-refractivity contribution in [2.45, 2.75) is 13.1 Å². The van der Waals surface area contributed by atoms with E-state index in [0.29, 0.717) is 9.13 Å². The van der Waals surface area contributed by atoms with Crippen LogP contribution in [0.15, 0.2) is 36.4 Å². The van der Waals surface area contributed by atoms with E-state index in [1.807, 2.05) is 22.6 Å². The van der Waals surface area contributed by atoms with Gasteiger partial charge in [0.25, 0.3) is 0 Å². The Morgan fingerprint density at radius 3 is 2.32 bits per heavy atom. The van der Waals surface area contributed by atoms with Gasteiger partial charge in [0.15, 0.2) is 0 Å². The summed E-state index contributed by atoms with van der Waals surface area (Å²) in [6.07, 6.45) is -4.43. The van der Waals surface area contributed by atoms with E-state index >= 15 is 0 Å². The molecule has 0 radical (unpaired) electrons. The summed E-state index contributed by atoms with van der Waals surface area (Å²) in [5.41, 5.74) is 0.0849. The van der Waals surface area contributed by atoms with E-state index < -0.39 is 17.6 Å². The number of halogens is 5. The van der Waals surface area contributed by atoms with Gasteiger partial charge in [-0.05, 0) is 58.8 Å². The molecule has 0 unspecified atom stereocenters. The molecule has 2 rings (SSSR count). The first-order valence-electron chi connectivity index (χ1n) is 5.43. The molecule has 0 aromatic heterocycles. The second-order valence-corrected chi connectivity index (χ2v) is 5.29. The van der Waals surface area contributed by atoms with Crippen molar-refractivity contribution in [3.05, 3.63) is 56.9 Å². The van der Waals surface area contributed by atoms with Gasteiger partial charge in [-0.1, -0.05) is 18.2 Å². The number of benzene rings is 2. The van der Waals surface area contributed by atoms with E-state index in [2.05, 4.69) is 0 Å². The molecule has 0 nitrogen and oxygen atoms in total. The van der Waals surface area contributed by atoms with Crippen LogP contribution >= 0.6 is 22.6 Å². The lowest BCUT2D eigenvalue weighted by Crippen LogP contribution is -2.05. The second kappa shape index (κ2) is 5.11. The predicted molar refractivity (Wildman–Crippen MR) is 74.3 cm³/mol. The molecule has 0 aliphatic carbocycles. The highest BCUT2D eigenvalue weighted by Gasteiger charge is 2.31. The minimum Gasteiger partial charge on any atom is -0.206 e. The van der Waals surface area contributed by atoms with Crippen LogP contribution in [0.4, 0.5) is 17.6 Å². The first kappa shape index (κ1) is 14.3. The second-order valence-electron chi connectivity index (χ2n) is 4.13. The zero-order valence-electron chi connectivity index (χ0n) is 9.85. The summed E-state index contributed by atoms with van der Waals surface area (Å²) in [5, 5.41) is 0. The smallest absolute Gasteiger partial charge is 0.206 e. The van der Waals surface area contributed by atoms with E-state index in [-0.39, 0.29) is 11.1 Å².